The van der Waals surface area contributed by atoms with Crippen molar-refractivity contribution in [3.63, 3.8) is 0 Å². The first-order chi connectivity index (χ1) is 11.3. The molecule has 0 saturated heterocycles. The molecule has 0 fully saturated rings. The molecule has 0 bridgehead atoms. The lowest BCUT2D eigenvalue weighted by molar-refractivity contribution is 0.283. The molecular formula is C23H28O. The zero-order valence-electron chi connectivity index (χ0n) is 15.4. The molecule has 0 aliphatic rings. The largest absolute Gasteiger partial charge is 0.507 e. The lowest BCUT2D eigenvalue weighted by Crippen LogP contribution is -2.21. The topological polar surface area (TPSA) is 20.2 Å². The Morgan fingerprint density at radius 3 is 1.58 bits per heavy atom. The van der Waals surface area contributed by atoms with E-state index < -0.39 is 0 Å². The van der Waals surface area contributed by atoms with Gasteiger partial charge < -0.3 is 5.11 Å². The molecule has 126 valence electrons. The molecule has 0 aromatic heterocycles. The first kappa shape index (κ1) is 16.8. The van der Waals surface area contributed by atoms with Crippen LogP contribution in [0.3, 0.4) is 0 Å². The van der Waals surface area contributed by atoms with Crippen LogP contribution in [0.25, 0.3) is 21.5 Å². The monoisotopic (exact) mass is 320 g/mol. The van der Waals surface area contributed by atoms with Crippen LogP contribution < -0.4 is 0 Å². The van der Waals surface area contributed by atoms with Gasteiger partial charge >= 0.3 is 0 Å². The highest BCUT2D eigenvalue weighted by Gasteiger charge is 2.30. The van der Waals surface area contributed by atoms with Crippen LogP contribution >= 0.6 is 0 Å². The highest BCUT2D eigenvalue weighted by Crippen LogP contribution is 2.48. The maximum absolute atomic E-state index is 10.8. The molecule has 1 unspecified atom stereocenters. The lowest BCUT2D eigenvalue weighted by Gasteiger charge is -2.34. The fourth-order valence-electron chi connectivity index (χ4n) is 3.89. The number of rotatable bonds is 3. The summed E-state index contributed by atoms with van der Waals surface area (Å²) in [5, 5.41) is 15.1. The van der Waals surface area contributed by atoms with Crippen molar-refractivity contribution in [3.05, 3.63) is 54.1 Å². The Labute approximate surface area is 145 Å². The molecule has 24 heavy (non-hydrogen) atoms. The van der Waals surface area contributed by atoms with E-state index in [4.69, 9.17) is 0 Å². The van der Waals surface area contributed by atoms with E-state index in [-0.39, 0.29) is 5.41 Å². The van der Waals surface area contributed by atoms with Crippen LogP contribution in [0.1, 0.15) is 52.5 Å². The Bertz CT molecular complexity index is 811. The summed E-state index contributed by atoms with van der Waals surface area (Å²) in [6.45, 7) is 11.6. The minimum atomic E-state index is 0.160. The fraction of sp³-hybridized carbons (Fsp3) is 0.391. The van der Waals surface area contributed by atoms with Gasteiger partial charge in [0.2, 0.25) is 0 Å². The molecule has 0 saturated carbocycles. The van der Waals surface area contributed by atoms with E-state index in [0.29, 0.717) is 17.6 Å². The molecule has 1 nitrogen and oxygen atoms in total. The van der Waals surface area contributed by atoms with Gasteiger partial charge in [-0.2, -0.15) is 0 Å². The molecule has 0 aliphatic carbocycles. The van der Waals surface area contributed by atoms with Crippen molar-refractivity contribution in [2.24, 2.45) is 11.3 Å². The Hall–Kier alpha value is -2.02. The Morgan fingerprint density at radius 2 is 1.21 bits per heavy atom. The van der Waals surface area contributed by atoms with Gasteiger partial charge in [0, 0.05) is 10.8 Å². The molecule has 3 aromatic rings. The molecule has 0 amide bonds. The molecule has 0 heterocycles. The fourth-order valence-corrected chi connectivity index (χ4v) is 3.89. The number of phenolic OH excluding ortho intramolecular Hbond substituents is 1. The predicted molar refractivity (Wildman–Crippen MR) is 105 cm³/mol. The normalized spacial score (nSPS) is 13.8. The van der Waals surface area contributed by atoms with E-state index in [2.05, 4.69) is 58.9 Å². The first-order valence-electron chi connectivity index (χ1n) is 8.93. The maximum Gasteiger partial charge on any atom is 0.131 e. The number of benzene rings is 3. The SMILES string of the molecule is CC(C)CC(c1c2ccccc2c(O)c2ccccc12)C(C)(C)C. The minimum absolute atomic E-state index is 0.160. The van der Waals surface area contributed by atoms with Gasteiger partial charge in [-0.3, -0.25) is 0 Å². The Kier molecular flexibility index (Phi) is 4.29. The average Bonchev–Trinajstić information content (AvgIpc) is 2.53. The third-order valence-electron chi connectivity index (χ3n) is 5.05. The third kappa shape index (κ3) is 2.88. The molecule has 3 rings (SSSR count). The van der Waals surface area contributed by atoms with Gasteiger partial charge in [0.25, 0.3) is 0 Å². The highest BCUT2D eigenvalue weighted by molar-refractivity contribution is 6.08. The summed E-state index contributed by atoms with van der Waals surface area (Å²) in [4.78, 5) is 0. The van der Waals surface area contributed by atoms with Crippen molar-refractivity contribution in [1.82, 2.24) is 0 Å². The minimum Gasteiger partial charge on any atom is -0.507 e. The summed E-state index contributed by atoms with van der Waals surface area (Å²) >= 11 is 0. The van der Waals surface area contributed by atoms with Gasteiger partial charge in [0.05, 0.1) is 0 Å². The first-order valence-corrected chi connectivity index (χ1v) is 8.93. The van der Waals surface area contributed by atoms with Crippen molar-refractivity contribution >= 4 is 21.5 Å². The summed E-state index contributed by atoms with van der Waals surface area (Å²) in [6, 6.07) is 16.6. The Morgan fingerprint density at radius 1 is 0.792 bits per heavy atom. The average molecular weight is 320 g/mol. The summed E-state index contributed by atoms with van der Waals surface area (Å²) < 4.78 is 0. The van der Waals surface area contributed by atoms with Crippen molar-refractivity contribution in [3.8, 4) is 5.75 Å². The zero-order chi connectivity index (χ0) is 17.5. The summed E-state index contributed by atoms with van der Waals surface area (Å²) in [5.41, 5.74) is 1.55. The number of hydrogen-bond acceptors (Lipinski definition) is 1. The summed E-state index contributed by atoms with van der Waals surface area (Å²) in [7, 11) is 0. The molecule has 1 atom stereocenters. The van der Waals surface area contributed by atoms with Gasteiger partial charge in [0.1, 0.15) is 5.75 Å². The quantitative estimate of drug-likeness (QED) is 0.522. The highest BCUT2D eigenvalue weighted by atomic mass is 16.3. The van der Waals surface area contributed by atoms with Gasteiger partial charge in [-0.15, -0.1) is 0 Å². The second-order valence-electron chi connectivity index (χ2n) is 8.40. The molecular weight excluding hydrogens is 292 g/mol. The molecule has 3 aromatic carbocycles. The molecule has 1 N–H and O–H groups in total. The molecule has 1 heteroatoms. The van der Waals surface area contributed by atoms with Crippen LogP contribution in [0.2, 0.25) is 0 Å². The van der Waals surface area contributed by atoms with Crippen LogP contribution in [0.5, 0.6) is 5.75 Å². The van der Waals surface area contributed by atoms with Gasteiger partial charge in [0.15, 0.2) is 0 Å². The second kappa shape index (κ2) is 6.12. The molecule has 0 radical (unpaired) electrons. The molecule has 0 spiro atoms. The molecule has 0 aliphatic heterocycles. The van der Waals surface area contributed by atoms with E-state index in [1.54, 1.807) is 0 Å². The van der Waals surface area contributed by atoms with Crippen molar-refractivity contribution in [2.75, 3.05) is 0 Å². The summed E-state index contributed by atoms with van der Waals surface area (Å²) in [5.74, 6) is 1.47. The third-order valence-corrected chi connectivity index (χ3v) is 5.05. The van der Waals surface area contributed by atoms with Crippen molar-refractivity contribution in [1.29, 1.82) is 0 Å². The lowest BCUT2D eigenvalue weighted by atomic mass is 9.70. The van der Waals surface area contributed by atoms with E-state index >= 15 is 0 Å². The second-order valence-corrected chi connectivity index (χ2v) is 8.40. The predicted octanol–water partition coefficient (Wildman–Crippen LogP) is 6.87. The standard InChI is InChI=1S/C23H28O/c1-15(2)14-20(23(3,4)5)21-16-10-6-8-12-18(16)22(24)19-13-9-7-11-17(19)21/h6-13,15,20,24H,14H2,1-5H3. The zero-order valence-corrected chi connectivity index (χ0v) is 15.4. The van der Waals surface area contributed by atoms with Crippen LogP contribution in [-0.2, 0) is 0 Å². The van der Waals surface area contributed by atoms with E-state index in [9.17, 15) is 5.11 Å². The smallest absolute Gasteiger partial charge is 0.131 e. The number of fused-ring (bicyclic) bond motifs is 2. The van der Waals surface area contributed by atoms with Gasteiger partial charge in [-0.05, 0) is 40.0 Å². The number of hydrogen-bond donors (Lipinski definition) is 1. The van der Waals surface area contributed by atoms with E-state index in [1.807, 2.05) is 24.3 Å². The van der Waals surface area contributed by atoms with Crippen molar-refractivity contribution < 1.29 is 5.11 Å². The number of aromatic hydroxyl groups is 1. The van der Waals surface area contributed by atoms with Crippen molar-refractivity contribution in [2.45, 2.75) is 47.0 Å². The van der Waals surface area contributed by atoms with Crippen LogP contribution in [-0.4, -0.2) is 5.11 Å². The van der Waals surface area contributed by atoms with E-state index in [0.717, 1.165) is 17.2 Å². The maximum atomic E-state index is 10.8. The van der Waals surface area contributed by atoms with Gasteiger partial charge in [-0.25, -0.2) is 0 Å². The van der Waals surface area contributed by atoms with Gasteiger partial charge in [-0.1, -0.05) is 83.1 Å². The van der Waals surface area contributed by atoms with E-state index in [1.165, 1.54) is 16.3 Å². The summed E-state index contributed by atoms with van der Waals surface area (Å²) in [6.07, 6.45) is 1.14. The Balaban J connectivity index is 2.45. The number of phenols is 1. The van der Waals surface area contributed by atoms with Crippen LogP contribution in [0, 0.1) is 11.3 Å². The van der Waals surface area contributed by atoms with Crippen LogP contribution in [0.15, 0.2) is 48.5 Å². The van der Waals surface area contributed by atoms with Crippen LogP contribution in [0.4, 0.5) is 0 Å².